The van der Waals surface area contributed by atoms with Gasteiger partial charge in [0.05, 0.1) is 10.6 Å². The molecule has 0 spiro atoms. The van der Waals surface area contributed by atoms with Crippen molar-refractivity contribution in [3.63, 3.8) is 0 Å². The van der Waals surface area contributed by atoms with E-state index < -0.39 is 11.0 Å². The first kappa shape index (κ1) is 14.8. The Hall–Kier alpha value is -2.08. The molecule has 1 atom stereocenters. The molecule has 1 N–H and O–H groups in total. The molecule has 1 heterocycles. The lowest BCUT2D eigenvalue weighted by Gasteiger charge is -2.11. The Morgan fingerprint density at radius 1 is 1.09 bits per heavy atom. The van der Waals surface area contributed by atoms with E-state index in [9.17, 15) is 10.1 Å². The van der Waals surface area contributed by atoms with E-state index in [1.807, 2.05) is 6.08 Å². The number of rotatable bonds is 3. The number of non-ortho nitro benzene ring substituents is 1. The normalized spacial score (nSPS) is 17.0. The van der Waals surface area contributed by atoms with Crippen LogP contribution in [0.5, 0.6) is 0 Å². The molecule has 1 aliphatic rings. The van der Waals surface area contributed by atoms with Gasteiger partial charge < -0.3 is 0 Å². The van der Waals surface area contributed by atoms with Gasteiger partial charge >= 0.3 is 0 Å². The van der Waals surface area contributed by atoms with E-state index in [0.29, 0.717) is 21.3 Å². The second kappa shape index (κ2) is 5.96. The van der Waals surface area contributed by atoms with Crippen LogP contribution in [0.15, 0.2) is 48.5 Å². The highest BCUT2D eigenvalue weighted by Gasteiger charge is 2.24. The summed E-state index contributed by atoms with van der Waals surface area (Å²) in [6.07, 6.45) is 1.40. The molecule has 1 aliphatic heterocycles. The maximum atomic E-state index is 10.7. The van der Waals surface area contributed by atoms with Gasteiger partial charge in [0.2, 0.25) is 0 Å². The maximum Gasteiger partial charge on any atom is 0.269 e. The number of hydrogen-bond donors (Lipinski definition) is 1. The lowest BCUT2D eigenvalue weighted by atomic mass is 10.1. The van der Waals surface area contributed by atoms with Crippen LogP contribution in [0.3, 0.4) is 0 Å². The minimum atomic E-state index is -0.441. The molecule has 1 unspecified atom stereocenters. The van der Waals surface area contributed by atoms with Gasteiger partial charge in [-0.2, -0.15) is 0 Å². The maximum absolute atomic E-state index is 10.7. The molecular formula is C15H10Cl2N2O3. The number of nitrogens with zero attached hydrogens (tertiary/aromatic N) is 1. The average Bonchev–Trinajstić information content (AvgIpc) is 2.97. The molecule has 7 heteroatoms. The van der Waals surface area contributed by atoms with Crippen molar-refractivity contribution in [2.75, 3.05) is 0 Å². The van der Waals surface area contributed by atoms with Crippen LogP contribution in [0, 0.1) is 10.1 Å². The summed E-state index contributed by atoms with van der Waals surface area (Å²) in [6, 6.07) is 11.4. The third-order valence-corrected chi connectivity index (χ3v) is 3.95. The molecule has 0 bridgehead atoms. The number of nitro benzene ring substituents is 1. The standard InChI is InChI=1S/C15H10Cl2N2O3/c16-11-2-1-3-12(17)15(11)14-8-13(18-22-14)9-4-6-10(7-5-9)19(20)21/h1-8,14,18H. The first-order valence-electron chi connectivity index (χ1n) is 6.38. The monoisotopic (exact) mass is 336 g/mol. The molecule has 0 radical (unpaired) electrons. The molecule has 0 aliphatic carbocycles. The quantitative estimate of drug-likeness (QED) is 0.661. The van der Waals surface area contributed by atoms with E-state index >= 15 is 0 Å². The summed E-state index contributed by atoms with van der Waals surface area (Å²) in [5, 5.41) is 11.7. The van der Waals surface area contributed by atoms with Gasteiger partial charge in [0.25, 0.3) is 5.69 Å². The van der Waals surface area contributed by atoms with Gasteiger partial charge in [0.1, 0.15) is 6.10 Å². The molecule has 0 aromatic heterocycles. The summed E-state index contributed by atoms with van der Waals surface area (Å²) in [7, 11) is 0. The zero-order chi connectivity index (χ0) is 15.7. The molecule has 0 amide bonds. The van der Waals surface area contributed by atoms with E-state index in [1.165, 1.54) is 12.1 Å². The molecule has 0 saturated heterocycles. The van der Waals surface area contributed by atoms with Crippen molar-refractivity contribution in [1.82, 2.24) is 5.48 Å². The third kappa shape index (κ3) is 2.78. The van der Waals surface area contributed by atoms with Crippen LogP contribution >= 0.6 is 23.2 Å². The highest BCUT2D eigenvalue weighted by atomic mass is 35.5. The fourth-order valence-electron chi connectivity index (χ4n) is 2.19. The zero-order valence-corrected chi connectivity index (χ0v) is 12.6. The van der Waals surface area contributed by atoms with Gasteiger partial charge in [-0.05, 0) is 30.3 Å². The van der Waals surface area contributed by atoms with Crippen molar-refractivity contribution in [2.24, 2.45) is 0 Å². The summed E-state index contributed by atoms with van der Waals surface area (Å²) in [6.45, 7) is 0. The van der Waals surface area contributed by atoms with Crippen molar-refractivity contribution in [1.29, 1.82) is 0 Å². The molecule has 0 fully saturated rings. The number of hydrogen-bond acceptors (Lipinski definition) is 4. The first-order valence-corrected chi connectivity index (χ1v) is 7.14. The van der Waals surface area contributed by atoms with Gasteiger partial charge in [-0.25, -0.2) is 0 Å². The molecule has 0 saturated carbocycles. The molecule has 2 aromatic rings. The van der Waals surface area contributed by atoms with Crippen molar-refractivity contribution < 1.29 is 9.76 Å². The predicted molar refractivity (Wildman–Crippen MR) is 84.5 cm³/mol. The Bertz CT molecular complexity index is 740. The Morgan fingerprint density at radius 3 is 2.32 bits per heavy atom. The average molecular weight is 337 g/mol. The molecule has 3 rings (SSSR count). The van der Waals surface area contributed by atoms with Gasteiger partial charge in [0.15, 0.2) is 0 Å². The molecule has 5 nitrogen and oxygen atoms in total. The Morgan fingerprint density at radius 2 is 1.73 bits per heavy atom. The van der Waals surface area contributed by atoms with E-state index in [2.05, 4.69) is 5.48 Å². The van der Waals surface area contributed by atoms with Crippen LogP contribution in [0.2, 0.25) is 10.0 Å². The Balaban J connectivity index is 1.90. The smallest absolute Gasteiger partial charge is 0.266 e. The van der Waals surface area contributed by atoms with Crippen LogP contribution in [0.1, 0.15) is 17.2 Å². The fourth-order valence-corrected chi connectivity index (χ4v) is 2.80. The van der Waals surface area contributed by atoms with E-state index in [4.69, 9.17) is 28.0 Å². The molecule has 2 aromatic carbocycles. The summed E-state index contributed by atoms with van der Waals surface area (Å²) in [5.41, 5.74) is 4.99. The van der Waals surface area contributed by atoms with Crippen LogP contribution < -0.4 is 5.48 Å². The molecular weight excluding hydrogens is 327 g/mol. The summed E-state index contributed by atoms with van der Waals surface area (Å²) in [5.74, 6) is 0. The Kier molecular flexibility index (Phi) is 4.02. The number of hydroxylamine groups is 1. The minimum absolute atomic E-state index is 0.0361. The zero-order valence-electron chi connectivity index (χ0n) is 11.1. The van der Waals surface area contributed by atoms with E-state index in [0.717, 1.165) is 5.56 Å². The number of halogens is 2. The first-order chi connectivity index (χ1) is 10.6. The van der Waals surface area contributed by atoms with Gasteiger partial charge in [-0.1, -0.05) is 29.3 Å². The van der Waals surface area contributed by atoms with Crippen molar-refractivity contribution >= 4 is 34.6 Å². The van der Waals surface area contributed by atoms with Crippen LogP contribution in [0.25, 0.3) is 5.70 Å². The van der Waals surface area contributed by atoms with Gasteiger partial charge in [-0.3, -0.25) is 20.4 Å². The topological polar surface area (TPSA) is 64.4 Å². The Labute approximate surface area is 136 Å². The minimum Gasteiger partial charge on any atom is -0.266 e. The highest BCUT2D eigenvalue weighted by molar-refractivity contribution is 6.36. The number of nitrogens with one attached hydrogen (secondary N) is 1. The van der Waals surface area contributed by atoms with Crippen molar-refractivity contribution in [3.8, 4) is 0 Å². The second-order valence-electron chi connectivity index (χ2n) is 4.66. The summed E-state index contributed by atoms with van der Waals surface area (Å²) < 4.78 is 0. The fraction of sp³-hybridized carbons (Fsp3) is 0.0667. The highest BCUT2D eigenvalue weighted by Crippen LogP contribution is 2.37. The molecule has 112 valence electrons. The van der Waals surface area contributed by atoms with E-state index in [-0.39, 0.29) is 5.69 Å². The van der Waals surface area contributed by atoms with Gasteiger partial charge in [0, 0.05) is 33.3 Å². The van der Waals surface area contributed by atoms with E-state index in [1.54, 1.807) is 30.3 Å². The van der Waals surface area contributed by atoms with Crippen LogP contribution in [-0.2, 0) is 4.84 Å². The summed E-state index contributed by atoms with van der Waals surface area (Å²) >= 11 is 12.3. The number of benzene rings is 2. The largest absolute Gasteiger partial charge is 0.269 e. The van der Waals surface area contributed by atoms with Crippen LogP contribution in [0.4, 0.5) is 5.69 Å². The second-order valence-corrected chi connectivity index (χ2v) is 5.47. The predicted octanol–water partition coefficient (Wildman–Crippen LogP) is 4.52. The van der Waals surface area contributed by atoms with Crippen molar-refractivity contribution in [2.45, 2.75) is 6.10 Å². The van der Waals surface area contributed by atoms with Crippen LogP contribution in [-0.4, -0.2) is 4.92 Å². The van der Waals surface area contributed by atoms with Gasteiger partial charge in [-0.15, -0.1) is 0 Å². The lowest BCUT2D eigenvalue weighted by molar-refractivity contribution is -0.384. The number of nitro groups is 1. The third-order valence-electron chi connectivity index (χ3n) is 3.29. The SMILES string of the molecule is O=[N+]([O-])c1ccc(C2=CC(c3c(Cl)cccc3Cl)ON2)cc1. The molecule has 22 heavy (non-hydrogen) atoms. The lowest BCUT2D eigenvalue weighted by Crippen LogP contribution is -2.08. The summed E-state index contributed by atoms with van der Waals surface area (Å²) in [4.78, 5) is 15.7. The van der Waals surface area contributed by atoms with Crippen molar-refractivity contribution in [3.05, 3.63) is 79.8 Å².